The van der Waals surface area contributed by atoms with Gasteiger partial charge in [-0.1, -0.05) is 0 Å². The molecule has 0 aromatic carbocycles. The minimum Gasteiger partial charge on any atom is -0.457 e. The first kappa shape index (κ1) is 7.62. The molecule has 0 aliphatic carbocycles. The van der Waals surface area contributed by atoms with Crippen LogP contribution in [-0.4, -0.2) is 0 Å². The smallest absolute Gasteiger partial charge is 0.178 e. The SMILES string of the molecule is Cc1cc(-c2ccc(C)s2)[c]o1. The van der Waals surface area contributed by atoms with Gasteiger partial charge in [-0.2, -0.15) is 0 Å². The first-order valence-corrected chi connectivity index (χ1v) is 4.62. The lowest BCUT2D eigenvalue weighted by molar-refractivity contribution is 0.526. The maximum atomic E-state index is 5.11. The van der Waals surface area contributed by atoms with Gasteiger partial charge in [0.25, 0.3) is 0 Å². The second kappa shape index (κ2) is 2.79. The van der Waals surface area contributed by atoms with Crippen LogP contribution in [0, 0.1) is 20.1 Å². The fourth-order valence-electron chi connectivity index (χ4n) is 1.10. The molecule has 0 atom stereocenters. The Morgan fingerprint density at radius 3 is 2.67 bits per heavy atom. The van der Waals surface area contributed by atoms with E-state index in [1.807, 2.05) is 13.0 Å². The summed E-state index contributed by atoms with van der Waals surface area (Å²) >= 11 is 1.76. The van der Waals surface area contributed by atoms with Crippen molar-refractivity contribution in [2.45, 2.75) is 13.8 Å². The summed E-state index contributed by atoms with van der Waals surface area (Å²) in [5, 5.41) is 0. The van der Waals surface area contributed by atoms with E-state index in [4.69, 9.17) is 4.42 Å². The van der Waals surface area contributed by atoms with Gasteiger partial charge in [-0.05, 0) is 32.0 Å². The van der Waals surface area contributed by atoms with Crippen LogP contribution in [0.5, 0.6) is 0 Å². The molecule has 0 fully saturated rings. The molecular weight excluding hydrogens is 168 g/mol. The summed E-state index contributed by atoms with van der Waals surface area (Å²) < 4.78 is 5.11. The zero-order chi connectivity index (χ0) is 8.55. The van der Waals surface area contributed by atoms with Crippen molar-refractivity contribution in [1.82, 2.24) is 0 Å². The van der Waals surface area contributed by atoms with Crippen molar-refractivity contribution >= 4 is 11.3 Å². The average Bonchev–Trinajstić information content (AvgIpc) is 2.58. The molecule has 0 unspecified atom stereocenters. The summed E-state index contributed by atoms with van der Waals surface area (Å²) in [6.45, 7) is 4.03. The van der Waals surface area contributed by atoms with Crippen LogP contribution >= 0.6 is 11.3 Å². The number of thiophene rings is 1. The van der Waals surface area contributed by atoms with Gasteiger partial charge in [0.1, 0.15) is 5.76 Å². The molecule has 12 heavy (non-hydrogen) atoms. The maximum Gasteiger partial charge on any atom is 0.178 e. The normalized spacial score (nSPS) is 10.5. The Hall–Kier alpha value is -1.02. The van der Waals surface area contributed by atoms with Gasteiger partial charge < -0.3 is 4.42 Å². The van der Waals surface area contributed by atoms with Crippen molar-refractivity contribution in [2.75, 3.05) is 0 Å². The third-order valence-electron chi connectivity index (χ3n) is 1.68. The molecule has 61 valence electrons. The van der Waals surface area contributed by atoms with Gasteiger partial charge in [0.2, 0.25) is 0 Å². The molecule has 0 aliphatic heterocycles. The highest BCUT2D eigenvalue weighted by Gasteiger charge is 2.03. The molecule has 0 saturated carbocycles. The van der Waals surface area contributed by atoms with Crippen LogP contribution in [0.4, 0.5) is 0 Å². The van der Waals surface area contributed by atoms with E-state index in [1.54, 1.807) is 11.3 Å². The maximum absolute atomic E-state index is 5.11. The first-order valence-electron chi connectivity index (χ1n) is 3.80. The Balaban J connectivity index is 2.43. The summed E-state index contributed by atoms with van der Waals surface area (Å²) in [5.41, 5.74) is 1.06. The van der Waals surface area contributed by atoms with Gasteiger partial charge in [0, 0.05) is 15.3 Å². The minimum absolute atomic E-state index is 0.913. The van der Waals surface area contributed by atoms with Crippen molar-refractivity contribution in [3.8, 4) is 10.4 Å². The van der Waals surface area contributed by atoms with E-state index in [9.17, 15) is 0 Å². The minimum atomic E-state index is 0.913. The van der Waals surface area contributed by atoms with Crippen molar-refractivity contribution in [1.29, 1.82) is 0 Å². The summed E-state index contributed by atoms with van der Waals surface area (Å²) in [6.07, 6.45) is 2.87. The van der Waals surface area contributed by atoms with Gasteiger partial charge in [0.15, 0.2) is 6.26 Å². The Bertz CT molecular complexity index is 346. The number of furan rings is 1. The molecule has 0 bridgehead atoms. The second-order valence-corrected chi connectivity index (χ2v) is 4.07. The van der Waals surface area contributed by atoms with Crippen molar-refractivity contribution in [2.24, 2.45) is 0 Å². The van der Waals surface area contributed by atoms with E-state index >= 15 is 0 Å². The van der Waals surface area contributed by atoms with Gasteiger partial charge >= 0.3 is 0 Å². The highest BCUT2D eigenvalue weighted by Crippen LogP contribution is 2.28. The third kappa shape index (κ3) is 1.30. The van der Waals surface area contributed by atoms with Crippen molar-refractivity contribution < 1.29 is 4.42 Å². The highest BCUT2D eigenvalue weighted by molar-refractivity contribution is 7.15. The first-order chi connectivity index (χ1) is 5.75. The largest absolute Gasteiger partial charge is 0.457 e. The van der Waals surface area contributed by atoms with Crippen LogP contribution in [0.2, 0.25) is 0 Å². The van der Waals surface area contributed by atoms with Gasteiger partial charge in [-0.3, -0.25) is 0 Å². The summed E-state index contributed by atoms with van der Waals surface area (Å²) in [7, 11) is 0. The predicted octanol–water partition coefficient (Wildman–Crippen LogP) is 3.43. The molecule has 2 aromatic heterocycles. The summed E-state index contributed by atoms with van der Waals surface area (Å²) in [5.74, 6) is 0.913. The summed E-state index contributed by atoms with van der Waals surface area (Å²) in [6, 6.07) is 6.21. The highest BCUT2D eigenvalue weighted by atomic mass is 32.1. The molecule has 0 N–H and O–H groups in total. The monoisotopic (exact) mass is 177 g/mol. The van der Waals surface area contributed by atoms with Crippen molar-refractivity contribution in [3.05, 3.63) is 35.1 Å². The Labute approximate surface area is 75.7 Å². The van der Waals surface area contributed by atoms with Crippen LogP contribution in [0.1, 0.15) is 10.6 Å². The fraction of sp³-hybridized carbons (Fsp3) is 0.200. The topological polar surface area (TPSA) is 13.1 Å². The molecule has 2 rings (SSSR count). The lowest BCUT2D eigenvalue weighted by Crippen LogP contribution is -1.61. The zero-order valence-corrected chi connectivity index (χ0v) is 7.87. The van der Waals surface area contributed by atoms with Crippen LogP contribution in [0.15, 0.2) is 22.6 Å². The number of rotatable bonds is 1. The molecule has 1 nitrogen and oxygen atoms in total. The molecule has 0 spiro atoms. The van der Waals surface area contributed by atoms with Gasteiger partial charge in [0.05, 0.1) is 0 Å². The Kier molecular flexibility index (Phi) is 1.77. The second-order valence-electron chi connectivity index (χ2n) is 2.78. The summed E-state index contributed by atoms with van der Waals surface area (Å²) in [4.78, 5) is 2.54. The molecule has 0 saturated heterocycles. The average molecular weight is 177 g/mol. The van der Waals surface area contributed by atoms with Crippen LogP contribution in [-0.2, 0) is 0 Å². The predicted molar refractivity (Wildman–Crippen MR) is 50.3 cm³/mol. The fourth-order valence-corrected chi connectivity index (χ4v) is 1.93. The van der Waals surface area contributed by atoms with E-state index < -0.39 is 0 Å². The lowest BCUT2D eigenvalue weighted by atomic mass is 10.2. The Morgan fingerprint density at radius 1 is 1.33 bits per heavy atom. The van der Waals surface area contributed by atoms with Crippen molar-refractivity contribution in [3.63, 3.8) is 0 Å². The van der Waals surface area contributed by atoms with E-state index in [2.05, 4.69) is 25.3 Å². The number of aryl methyl sites for hydroxylation is 2. The number of hydrogen-bond acceptors (Lipinski definition) is 2. The van der Waals surface area contributed by atoms with Crippen LogP contribution in [0.3, 0.4) is 0 Å². The molecule has 2 heteroatoms. The van der Waals surface area contributed by atoms with Gasteiger partial charge in [-0.15, -0.1) is 11.3 Å². The Morgan fingerprint density at radius 2 is 2.17 bits per heavy atom. The molecular formula is C10H9OS. The third-order valence-corrected chi connectivity index (χ3v) is 2.71. The van der Waals surface area contributed by atoms with E-state index in [-0.39, 0.29) is 0 Å². The molecule has 0 aliphatic rings. The van der Waals surface area contributed by atoms with E-state index in [0.717, 1.165) is 11.3 Å². The van der Waals surface area contributed by atoms with Crippen LogP contribution in [0.25, 0.3) is 10.4 Å². The van der Waals surface area contributed by atoms with E-state index in [1.165, 1.54) is 9.75 Å². The molecule has 2 aromatic rings. The molecule has 1 radical (unpaired) electrons. The lowest BCUT2D eigenvalue weighted by Gasteiger charge is -1.84. The quantitative estimate of drug-likeness (QED) is 0.650. The number of hydrogen-bond donors (Lipinski definition) is 0. The molecule has 2 heterocycles. The van der Waals surface area contributed by atoms with Crippen LogP contribution < -0.4 is 0 Å². The molecule has 0 amide bonds. The van der Waals surface area contributed by atoms with E-state index in [0.29, 0.717) is 0 Å². The zero-order valence-electron chi connectivity index (χ0n) is 7.05. The van der Waals surface area contributed by atoms with Gasteiger partial charge in [-0.25, -0.2) is 0 Å². The standard InChI is InChI=1S/C10H9OS/c1-7-5-9(6-11-7)10-4-3-8(2)12-10/h3-5H,1-2H3.